The highest BCUT2D eigenvalue weighted by Gasteiger charge is 2.25. The molecule has 0 aromatic heterocycles. The van der Waals surface area contributed by atoms with Gasteiger partial charge in [-0.15, -0.1) is 0 Å². The number of hydrogen-bond donors (Lipinski definition) is 3. The molecule has 0 aliphatic carbocycles. The second kappa shape index (κ2) is 5.15. The summed E-state index contributed by atoms with van der Waals surface area (Å²) >= 11 is 0. The normalized spacial score (nSPS) is 13.8. The Hall–Kier alpha value is -1.05. The molecule has 0 aromatic carbocycles. The van der Waals surface area contributed by atoms with Crippen LogP contribution in [-0.4, -0.2) is 46.5 Å². The zero-order valence-electron chi connectivity index (χ0n) is 8.42. The molecule has 1 atom stereocenters. The molecule has 0 saturated carbocycles. The quantitative estimate of drug-likeness (QED) is 0.464. The fourth-order valence-electron chi connectivity index (χ4n) is 0.970. The average Bonchev–Trinajstić information content (AvgIpc) is 1.98. The molecule has 15 heavy (non-hydrogen) atoms. The fraction of sp³-hybridized carbons (Fsp3) is 0.500. The van der Waals surface area contributed by atoms with Gasteiger partial charge in [0.2, 0.25) is 0 Å². The maximum absolute atomic E-state index is 10.8. The minimum absolute atomic E-state index is 0.180. The van der Waals surface area contributed by atoms with Crippen LogP contribution in [0.3, 0.4) is 0 Å². The Kier molecular flexibility index (Phi) is 4.79. The summed E-state index contributed by atoms with van der Waals surface area (Å²) in [4.78, 5) is 1.11. The Balaban J connectivity index is 4.77. The topological polar surface area (TPSA) is 98.1 Å². The van der Waals surface area contributed by atoms with E-state index < -0.39 is 15.5 Å². The van der Waals surface area contributed by atoms with Gasteiger partial charge >= 0.3 is 0 Å². The maximum atomic E-state index is 10.8. The molecule has 0 saturated heterocycles. The first-order valence-electron chi connectivity index (χ1n) is 4.08. The molecule has 0 heterocycles. The Labute approximate surface area is 88.9 Å². The predicted octanol–water partition coefficient (Wildman–Crippen LogP) is 0.666. The van der Waals surface area contributed by atoms with Crippen LogP contribution in [0.1, 0.15) is 6.92 Å². The maximum Gasteiger partial charge on any atom is 0.281 e. The molecule has 88 valence electrons. The summed E-state index contributed by atoms with van der Waals surface area (Å²) in [7, 11) is -4.27. The monoisotopic (exact) mass is 237 g/mol. The van der Waals surface area contributed by atoms with E-state index in [9.17, 15) is 8.42 Å². The highest BCUT2D eigenvalue weighted by Crippen LogP contribution is 2.09. The third-order valence-corrected chi connectivity index (χ3v) is 2.88. The van der Waals surface area contributed by atoms with Crippen molar-refractivity contribution < 1.29 is 23.2 Å². The van der Waals surface area contributed by atoms with Crippen LogP contribution < -0.4 is 0 Å². The summed E-state index contributed by atoms with van der Waals surface area (Å²) in [5, 5.41) is 16.6. The third-order valence-electron chi connectivity index (χ3n) is 1.72. The van der Waals surface area contributed by atoms with Gasteiger partial charge in [-0.2, -0.15) is 8.42 Å². The van der Waals surface area contributed by atoms with Crippen molar-refractivity contribution in [2.24, 2.45) is 0 Å². The van der Waals surface area contributed by atoms with Crippen molar-refractivity contribution in [3.63, 3.8) is 0 Å². The lowest BCUT2D eigenvalue weighted by atomic mass is 10.4. The fourth-order valence-corrected chi connectivity index (χ4v) is 1.50. The van der Waals surface area contributed by atoms with Gasteiger partial charge in [0.15, 0.2) is 0 Å². The van der Waals surface area contributed by atoms with Crippen molar-refractivity contribution in [2.75, 3.05) is 13.1 Å². The molecule has 6 nitrogen and oxygen atoms in total. The Morgan fingerprint density at radius 1 is 1.27 bits per heavy atom. The van der Waals surface area contributed by atoms with E-state index in [1.165, 1.54) is 6.92 Å². The van der Waals surface area contributed by atoms with Gasteiger partial charge in [-0.3, -0.25) is 9.45 Å². The molecule has 0 aliphatic heterocycles. The van der Waals surface area contributed by atoms with Crippen LogP contribution in [-0.2, 0) is 10.1 Å². The van der Waals surface area contributed by atoms with Gasteiger partial charge in [-0.25, -0.2) is 0 Å². The van der Waals surface area contributed by atoms with E-state index >= 15 is 0 Å². The zero-order chi connectivity index (χ0) is 12.2. The van der Waals surface area contributed by atoms with Crippen molar-refractivity contribution in [3.05, 3.63) is 24.7 Å². The van der Waals surface area contributed by atoms with E-state index in [-0.39, 0.29) is 24.6 Å². The van der Waals surface area contributed by atoms with Crippen molar-refractivity contribution in [1.29, 1.82) is 0 Å². The van der Waals surface area contributed by atoms with Gasteiger partial charge in [0, 0.05) is 0 Å². The third kappa shape index (κ3) is 5.40. The van der Waals surface area contributed by atoms with E-state index in [2.05, 4.69) is 13.2 Å². The van der Waals surface area contributed by atoms with E-state index in [1.54, 1.807) is 0 Å². The number of nitrogens with zero attached hydrogens (tertiary/aromatic N) is 1. The van der Waals surface area contributed by atoms with Gasteiger partial charge in [-0.05, 0) is 6.92 Å². The largest absolute Gasteiger partial charge is 0.512 e. The highest BCUT2D eigenvalue weighted by molar-refractivity contribution is 7.86. The molecule has 7 heteroatoms. The van der Waals surface area contributed by atoms with Crippen LogP contribution in [0.2, 0.25) is 0 Å². The summed E-state index contributed by atoms with van der Waals surface area (Å²) in [6, 6.07) is 0. The van der Waals surface area contributed by atoms with Gasteiger partial charge in [0.05, 0.1) is 24.6 Å². The molecule has 0 aliphatic rings. The number of aliphatic hydroxyl groups excluding tert-OH is 2. The molecule has 0 radical (unpaired) electrons. The van der Waals surface area contributed by atoms with Crippen LogP contribution in [0.4, 0.5) is 0 Å². The molecule has 0 bridgehead atoms. The molecule has 0 aromatic rings. The minimum Gasteiger partial charge on any atom is -0.512 e. The predicted molar refractivity (Wildman–Crippen MR) is 56.1 cm³/mol. The van der Waals surface area contributed by atoms with Crippen LogP contribution in [0.15, 0.2) is 24.7 Å². The lowest BCUT2D eigenvalue weighted by Gasteiger charge is -2.25. The molecule has 0 fully saturated rings. The summed E-state index contributed by atoms with van der Waals surface area (Å²) in [6.07, 6.45) is 0. The number of rotatable bonds is 6. The molecular formula is C8H15NO5S. The lowest BCUT2D eigenvalue weighted by Crippen LogP contribution is -2.40. The second-order valence-corrected chi connectivity index (χ2v) is 4.86. The lowest BCUT2D eigenvalue weighted by molar-refractivity contribution is 0.218. The first-order valence-corrected chi connectivity index (χ1v) is 5.58. The highest BCUT2D eigenvalue weighted by atomic mass is 32.2. The van der Waals surface area contributed by atoms with E-state index in [0.29, 0.717) is 0 Å². The Morgan fingerprint density at radius 2 is 1.60 bits per heavy atom. The molecule has 0 amide bonds. The summed E-state index contributed by atoms with van der Waals surface area (Å²) in [5.74, 6) is -0.543. The smallest absolute Gasteiger partial charge is 0.281 e. The zero-order valence-corrected chi connectivity index (χ0v) is 9.24. The molecule has 1 unspecified atom stereocenters. The summed E-state index contributed by atoms with van der Waals surface area (Å²) < 4.78 is 30.4. The Bertz CT molecular complexity index is 332. The van der Waals surface area contributed by atoms with Crippen molar-refractivity contribution in [2.45, 2.75) is 12.3 Å². The molecule has 3 N–H and O–H groups in total. The minimum atomic E-state index is -4.27. The number of aliphatic hydroxyl groups is 2. The van der Waals surface area contributed by atoms with Crippen LogP contribution >= 0.6 is 0 Å². The second-order valence-electron chi connectivity index (χ2n) is 3.15. The van der Waals surface area contributed by atoms with Crippen molar-refractivity contribution in [3.8, 4) is 0 Å². The van der Waals surface area contributed by atoms with Gasteiger partial charge in [-0.1, -0.05) is 13.2 Å². The van der Waals surface area contributed by atoms with E-state index in [4.69, 9.17) is 14.8 Å². The van der Waals surface area contributed by atoms with Crippen molar-refractivity contribution in [1.82, 2.24) is 4.90 Å². The first-order chi connectivity index (χ1) is 6.64. The average molecular weight is 237 g/mol. The Morgan fingerprint density at radius 3 is 1.80 bits per heavy atom. The van der Waals surface area contributed by atoms with Crippen LogP contribution in [0, 0.1) is 0 Å². The summed E-state index contributed by atoms with van der Waals surface area (Å²) in [5.41, 5.74) is 0. The molecule has 0 rings (SSSR count). The van der Waals surface area contributed by atoms with Gasteiger partial charge in [0.1, 0.15) is 5.37 Å². The van der Waals surface area contributed by atoms with Crippen LogP contribution in [0.5, 0.6) is 0 Å². The summed E-state index contributed by atoms with van der Waals surface area (Å²) in [6.45, 7) is 7.25. The van der Waals surface area contributed by atoms with Gasteiger partial charge in [0.25, 0.3) is 10.1 Å². The molecule has 0 spiro atoms. The standard InChI is InChI=1S/C8H15NO5S/c1-6(10)4-9(5-7(2)11)8(3)15(12,13)14/h8,10-11H,1-2,4-5H2,3H3,(H,12,13,14). The van der Waals surface area contributed by atoms with Gasteiger partial charge < -0.3 is 10.2 Å². The SMILES string of the molecule is C=C(O)CN(CC(=C)O)C(C)S(=O)(=O)O. The van der Waals surface area contributed by atoms with E-state index in [0.717, 1.165) is 4.90 Å². The molecular weight excluding hydrogens is 222 g/mol. The van der Waals surface area contributed by atoms with Crippen LogP contribution in [0.25, 0.3) is 0 Å². The first kappa shape index (κ1) is 13.9. The van der Waals surface area contributed by atoms with E-state index in [1.807, 2.05) is 0 Å². The van der Waals surface area contributed by atoms with Crippen molar-refractivity contribution >= 4 is 10.1 Å². The number of hydrogen-bond acceptors (Lipinski definition) is 5.